The fourth-order valence-corrected chi connectivity index (χ4v) is 3.91. The summed E-state index contributed by atoms with van der Waals surface area (Å²) in [5.74, 6) is 1.69. The van der Waals surface area contributed by atoms with E-state index in [0.29, 0.717) is 5.54 Å². The average molecular weight is 267 g/mol. The molecule has 2 fully saturated rings. The van der Waals surface area contributed by atoms with E-state index in [9.17, 15) is 0 Å². The number of hydrogen-bond acceptors (Lipinski definition) is 3. The molecule has 0 radical (unpaired) electrons. The molecule has 2 aliphatic heterocycles. The van der Waals surface area contributed by atoms with Crippen LogP contribution < -0.4 is 5.32 Å². The van der Waals surface area contributed by atoms with Gasteiger partial charge in [0.15, 0.2) is 0 Å². The lowest BCUT2D eigenvalue weighted by Crippen LogP contribution is -2.60. The number of nitrogens with zero attached hydrogens (tertiary/aromatic N) is 2. The van der Waals surface area contributed by atoms with E-state index < -0.39 is 0 Å². The molecule has 0 aromatic rings. The molecule has 0 aromatic carbocycles. The van der Waals surface area contributed by atoms with Gasteiger partial charge < -0.3 is 5.32 Å². The molecule has 3 heteroatoms. The second-order valence-electron chi connectivity index (χ2n) is 7.54. The molecule has 2 aliphatic rings. The van der Waals surface area contributed by atoms with Gasteiger partial charge in [-0.1, -0.05) is 13.8 Å². The summed E-state index contributed by atoms with van der Waals surface area (Å²) >= 11 is 0. The monoisotopic (exact) mass is 267 g/mol. The van der Waals surface area contributed by atoms with Crippen molar-refractivity contribution in [1.29, 1.82) is 0 Å². The predicted molar refractivity (Wildman–Crippen MR) is 82.5 cm³/mol. The highest BCUT2D eigenvalue weighted by Gasteiger charge is 2.35. The van der Waals surface area contributed by atoms with E-state index in [2.05, 4.69) is 49.7 Å². The molecule has 3 atom stereocenters. The fourth-order valence-electron chi connectivity index (χ4n) is 3.91. The van der Waals surface area contributed by atoms with Crippen LogP contribution in [0.3, 0.4) is 0 Å². The number of nitrogens with one attached hydrogen (secondary N) is 1. The smallest absolute Gasteiger partial charge is 0.0281 e. The van der Waals surface area contributed by atoms with Gasteiger partial charge >= 0.3 is 0 Å². The second-order valence-corrected chi connectivity index (χ2v) is 7.54. The Bertz CT molecular complexity index is 284. The van der Waals surface area contributed by atoms with Crippen molar-refractivity contribution in [2.75, 3.05) is 39.3 Å². The Balaban J connectivity index is 1.97. The highest BCUT2D eigenvalue weighted by molar-refractivity contribution is 4.91. The molecule has 0 saturated carbocycles. The number of piperidine rings is 1. The van der Waals surface area contributed by atoms with Gasteiger partial charge in [0, 0.05) is 50.8 Å². The van der Waals surface area contributed by atoms with Crippen LogP contribution in [0.4, 0.5) is 0 Å². The Morgan fingerprint density at radius 3 is 2.37 bits per heavy atom. The van der Waals surface area contributed by atoms with Crippen LogP contribution in [-0.2, 0) is 0 Å². The largest absolute Gasteiger partial charge is 0.314 e. The number of rotatable bonds is 3. The molecule has 2 rings (SSSR count). The van der Waals surface area contributed by atoms with E-state index in [1.807, 2.05) is 0 Å². The van der Waals surface area contributed by atoms with E-state index in [1.165, 1.54) is 32.6 Å². The van der Waals surface area contributed by atoms with Crippen molar-refractivity contribution < 1.29 is 0 Å². The SMILES string of the molecule is CC1CC(C)C(C)N(CC(C)(C)N2CCNCC2)C1. The van der Waals surface area contributed by atoms with Crippen molar-refractivity contribution in [1.82, 2.24) is 15.1 Å². The first kappa shape index (κ1) is 15.3. The molecule has 0 amide bonds. The highest BCUT2D eigenvalue weighted by atomic mass is 15.3. The standard InChI is InChI=1S/C16H33N3/c1-13-10-14(2)15(3)18(11-13)12-16(4,5)19-8-6-17-7-9-19/h13-15,17H,6-12H2,1-5H3. The zero-order valence-electron chi connectivity index (χ0n) is 13.6. The van der Waals surface area contributed by atoms with E-state index in [4.69, 9.17) is 0 Å². The molecule has 2 saturated heterocycles. The lowest BCUT2D eigenvalue weighted by Gasteiger charge is -2.48. The summed E-state index contributed by atoms with van der Waals surface area (Å²) < 4.78 is 0. The Hall–Kier alpha value is -0.120. The minimum Gasteiger partial charge on any atom is -0.314 e. The molecule has 1 N–H and O–H groups in total. The maximum Gasteiger partial charge on any atom is 0.0281 e. The van der Waals surface area contributed by atoms with Crippen molar-refractivity contribution in [2.24, 2.45) is 11.8 Å². The lowest BCUT2D eigenvalue weighted by molar-refractivity contribution is 0.0102. The third-order valence-corrected chi connectivity index (χ3v) is 5.28. The van der Waals surface area contributed by atoms with Crippen LogP contribution in [0.2, 0.25) is 0 Å². The van der Waals surface area contributed by atoms with Crippen LogP contribution in [-0.4, -0.2) is 60.6 Å². The van der Waals surface area contributed by atoms with Gasteiger partial charge in [-0.25, -0.2) is 0 Å². The molecule has 2 heterocycles. The van der Waals surface area contributed by atoms with Crippen LogP contribution in [0.1, 0.15) is 41.0 Å². The Morgan fingerprint density at radius 2 is 1.74 bits per heavy atom. The van der Waals surface area contributed by atoms with Gasteiger partial charge in [0.2, 0.25) is 0 Å². The topological polar surface area (TPSA) is 18.5 Å². The summed E-state index contributed by atoms with van der Waals surface area (Å²) in [5.41, 5.74) is 0.299. The molecule has 19 heavy (non-hydrogen) atoms. The molecule has 0 aromatic heterocycles. The maximum atomic E-state index is 3.46. The predicted octanol–water partition coefficient (Wildman–Crippen LogP) is 2.04. The first-order valence-corrected chi connectivity index (χ1v) is 8.10. The van der Waals surface area contributed by atoms with Crippen molar-refractivity contribution in [2.45, 2.75) is 52.6 Å². The van der Waals surface area contributed by atoms with E-state index in [1.54, 1.807) is 0 Å². The summed E-state index contributed by atoms with van der Waals surface area (Å²) in [4.78, 5) is 5.40. The van der Waals surface area contributed by atoms with Gasteiger partial charge in [0.1, 0.15) is 0 Å². The lowest BCUT2D eigenvalue weighted by atomic mass is 9.84. The summed E-state index contributed by atoms with van der Waals surface area (Å²) in [5, 5.41) is 3.46. The van der Waals surface area contributed by atoms with Crippen molar-refractivity contribution in [3.05, 3.63) is 0 Å². The van der Waals surface area contributed by atoms with Crippen molar-refractivity contribution in [3.8, 4) is 0 Å². The third kappa shape index (κ3) is 3.71. The molecule has 0 aliphatic carbocycles. The van der Waals surface area contributed by atoms with E-state index >= 15 is 0 Å². The highest BCUT2D eigenvalue weighted by Crippen LogP contribution is 2.29. The zero-order chi connectivity index (χ0) is 14.0. The van der Waals surface area contributed by atoms with Crippen molar-refractivity contribution in [3.63, 3.8) is 0 Å². The molecule has 3 unspecified atom stereocenters. The summed E-state index contributed by atoms with van der Waals surface area (Å²) in [6.45, 7) is 19.3. The van der Waals surface area contributed by atoms with Crippen LogP contribution >= 0.6 is 0 Å². The fraction of sp³-hybridized carbons (Fsp3) is 1.00. The number of piperazine rings is 1. The van der Waals surface area contributed by atoms with Crippen LogP contribution in [0, 0.1) is 11.8 Å². The summed E-state index contributed by atoms with van der Waals surface area (Å²) in [6.07, 6.45) is 1.39. The van der Waals surface area contributed by atoms with Crippen LogP contribution in [0.5, 0.6) is 0 Å². The summed E-state index contributed by atoms with van der Waals surface area (Å²) in [6, 6.07) is 0.735. The van der Waals surface area contributed by atoms with Gasteiger partial charge in [-0.15, -0.1) is 0 Å². The van der Waals surface area contributed by atoms with Gasteiger partial charge in [-0.2, -0.15) is 0 Å². The molecular formula is C16H33N3. The van der Waals surface area contributed by atoms with Crippen LogP contribution in [0.25, 0.3) is 0 Å². The molecule has 3 nitrogen and oxygen atoms in total. The number of likely N-dealkylation sites (tertiary alicyclic amines) is 1. The zero-order valence-corrected chi connectivity index (χ0v) is 13.6. The average Bonchev–Trinajstić information content (AvgIpc) is 2.36. The Labute approximate surface area is 119 Å². The van der Waals surface area contributed by atoms with Gasteiger partial charge in [0.05, 0.1) is 0 Å². The normalized spacial score (nSPS) is 35.5. The van der Waals surface area contributed by atoms with E-state index in [0.717, 1.165) is 31.0 Å². The molecule has 112 valence electrons. The Morgan fingerprint density at radius 1 is 1.11 bits per heavy atom. The van der Waals surface area contributed by atoms with Gasteiger partial charge in [-0.3, -0.25) is 9.80 Å². The van der Waals surface area contributed by atoms with Gasteiger partial charge in [0.25, 0.3) is 0 Å². The van der Waals surface area contributed by atoms with Gasteiger partial charge in [-0.05, 0) is 39.0 Å². The van der Waals surface area contributed by atoms with Crippen LogP contribution in [0.15, 0.2) is 0 Å². The Kier molecular flexibility index (Phi) is 4.91. The summed E-state index contributed by atoms with van der Waals surface area (Å²) in [7, 11) is 0. The molecule has 0 spiro atoms. The minimum absolute atomic E-state index is 0.299. The first-order chi connectivity index (χ1) is 8.90. The number of hydrogen-bond donors (Lipinski definition) is 1. The quantitative estimate of drug-likeness (QED) is 0.844. The minimum atomic E-state index is 0.299. The first-order valence-electron chi connectivity index (χ1n) is 8.10. The molecule has 0 bridgehead atoms. The maximum absolute atomic E-state index is 3.46. The second kappa shape index (κ2) is 6.11. The van der Waals surface area contributed by atoms with E-state index in [-0.39, 0.29) is 0 Å². The van der Waals surface area contributed by atoms with Crippen molar-refractivity contribution >= 4 is 0 Å². The third-order valence-electron chi connectivity index (χ3n) is 5.28. The molecular weight excluding hydrogens is 234 g/mol.